The van der Waals surface area contributed by atoms with Crippen molar-refractivity contribution in [1.29, 1.82) is 0 Å². The first-order valence-electron chi connectivity index (χ1n) is 9.52. The lowest BCUT2D eigenvalue weighted by Gasteiger charge is -2.28. The van der Waals surface area contributed by atoms with E-state index in [1.165, 1.54) is 28.1 Å². The molecular weight excluding hydrogens is 318 g/mol. The van der Waals surface area contributed by atoms with Crippen molar-refractivity contribution < 1.29 is 0 Å². The SMILES string of the molecule is C=Cc1cccc(CCc2cccc(N(CC)CN)c2)c1N(C)C(C)C. The van der Waals surface area contributed by atoms with E-state index in [9.17, 15) is 0 Å². The molecule has 2 N–H and O–H groups in total. The third-order valence-electron chi connectivity index (χ3n) is 5.06. The van der Waals surface area contributed by atoms with E-state index in [1.54, 1.807) is 0 Å². The van der Waals surface area contributed by atoms with Crippen molar-refractivity contribution in [2.24, 2.45) is 5.73 Å². The summed E-state index contributed by atoms with van der Waals surface area (Å²) in [5, 5.41) is 0. The van der Waals surface area contributed by atoms with Gasteiger partial charge in [-0.2, -0.15) is 0 Å². The monoisotopic (exact) mass is 351 g/mol. The molecule has 0 bridgehead atoms. The van der Waals surface area contributed by atoms with E-state index in [0.29, 0.717) is 12.7 Å². The average Bonchev–Trinajstić information content (AvgIpc) is 2.66. The topological polar surface area (TPSA) is 32.5 Å². The molecule has 0 heterocycles. The van der Waals surface area contributed by atoms with E-state index >= 15 is 0 Å². The van der Waals surface area contributed by atoms with E-state index < -0.39 is 0 Å². The Hall–Kier alpha value is -2.26. The van der Waals surface area contributed by atoms with Crippen LogP contribution in [0.1, 0.15) is 37.5 Å². The number of hydrogen-bond acceptors (Lipinski definition) is 3. The molecule has 0 amide bonds. The van der Waals surface area contributed by atoms with E-state index in [1.807, 2.05) is 6.08 Å². The van der Waals surface area contributed by atoms with Crippen molar-refractivity contribution in [1.82, 2.24) is 0 Å². The van der Waals surface area contributed by atoms with Crippen molar-refractivity contribution in [3.8, 4) is 0 Å². The van der Waals surface area contributed by atoms with Crippen molar-refractivity contribution in [3.05, 3.63) is 65.7 Å². The zero-order valence-electron chi connectivity index (χ0n) is 16.7. The summed E-state index contributed by atoms with van der Waals surface area (Å²) in [6.45, 7) is 12.0. The highest BCUT2D eigenvalue weighted by Crippen LogP contribution is 2.29. The second-order valence-electron chi connectivity index (χ2n) is 6.97. The van der Waals surface area contributed by atoms with Crippen LogP contribution in [0.5, 0.6) is 0 Å². The Morgan fingerprint density at radius 3 is 2.46 bits per heavy atom. The van der Waals surface area contributed by atoms with Gasteiger partial charge in [0.05, 0.1) is 6.67 Å². The number of nitrogens with two attached hydrogens (primary N) is 1. The molecular formula is C23H33N3. The molecule has 3 heteroatoms. The van der Waals surface area contributed by atoms with Crippen LogP contribution in [-0.2, 0) is 12.8 Å². The van der Waals surface area contributed by atoms with Gasteiger partial charge in [0.1, 0.15) is 0 Å². The van der Waals surface area contributed by atoms with Gasteiger partial charge in [-0.15, -0.1) is 0 Å². The normalized spacial score (nSPS) is 10.8. The number of para-hydroxylation sites is 1. The first-order valence-corrected chi connectivity index (χ1v) is 9.52. The van der Waals surface area contributed by atoms with E-state index in [4.69, 9.17) is 5.73 Å². The van der Waals surface area contributed by atoms with Crippen LogP contribution in [-0.4, -0.2) is 26.3 Å². The van der Waals surface area contributed by atoms with E-state index in [-0.39, 0.29) is 0 Å². The van der Waals surface area contributed by atoms with E-state index in [0.717, 1.165) is 19.4 Å². The van der Waals surface area contributed by atoms with Gasteiger partial charge >= 0.3 is 0 Å². The predicted octanol–water partition coefficient (Wildman–Crippen LogP) is 4.70. The number of hydrogen-bond donors (Lipinski definition) is 1. The van der Waals surface area contributed by atoms with Crippen LogP contribution in [0.25, 0.3) is 6.08 Å². The molecule has 0 aliphatic carbocycles. The average molecular weight is 352 g/mol. The molecule has 0 radical (unpaired) electrons. The number of anilines is 2. The fraction of sp³-hybridized carbons (Fsp3) is 0.391. The summed E-state index contributed by atoms with van der Waals surface area (Å²) in [5.41, 5.74) is 12.3. The number of nitrogens with zero attached hydrogens (tertiary/aromatic N) is 2. The van der Waals surface area contributed by atoms with Gasteiger partial charge in [-0.1, -0.05) is 43.0 Å². The maximum absolute atomic E-state index is 5.85. The molecule has 0 fully saturated rings. The predicted molar refractivity (Wildman–Crippen MR) is 116 cm³/mol. The molecule has 0 saturated carbocycles. The summed E-state index contributed by atoms with van der Waals surface area (Å²) in [6, 6.07) is 15.7. The van der Waals surface area contributed by atoms with Gasteiger partial charge in [-0.3, -0.25) is 0 Å². The van der Waals surface area contributed by atoms with Gasteiger partial charge < -0.3 is 15.5 Å². The van der Waals surface area contributed by atoms with Gasteiger partial charge in [0.25, 0.3) is 0 Å². The van der Waals surface area contributed by atoms with Crippen LogP contribution in [0, 0.1) is 0 Å². The van der Waals surface area contributed by atoms with Crippen molar-refractivity contribution in [2.45, 2.75) is 39.7 Å². The summed E-state index contributed by atoms with van der Waals surface area (Å²) in [4.78, 5) is 4.52. The Balaban J connectivity index is 2.25. The molecule has 0 unspecified atom stereocenters. The highest BCUT2D eigenvalue weighted by atomic mass is 15.2. The molecule has 2 rings (SSSR count). The van der Waals surface area contributed by atoms with Crippen molar-refractivity contribution >= 4 is 17.5 Å². The quantitative estimate of drug-likeness (QED) is 0.665. The number of benzene rings is 2. The first kappa shape index (κ1) is 20.1. The molecule has 0 saturated heterocycles. The number of rotatable bonds is 9. The molecule has 0 aromatic heterocycles. The number of aryl methyl sites for hydroxylation is 2. The molecule has 3 nitrogen and oxygen atoms in total. The van der Waals surface area contributed by atoms with Crippen LogP contribution in [0.15, 0.2) is 49.0 Å². The Morgan fingerprint density at radius 1 is 1.12 bits per heavy atom. The minimum atomic E-state index is 0.445. The molecule has 2 aromatic rings. The molecule has 0 spiro atoms. The van der Waals surface area contributed by atoms with Gasteiger partial charge in [0, 0.05) is 31.0 Å². The molecule has 0 aliphatic rings. The minimum Gasteiger partial charge on any atom is -0.371 e. The molecule has 26 heavy (non-hydrogen) atoms. The highest BCUT2D eigenvalue weighted by Gasteiger charge is 2.14. The molecule has 140 valence electrons. The Kier molecular flexibility index (Phi) is 7.28. The maximum atomic E-state index is 5.85. The summed E-state index contributed by atoms with van der Waals surface area (Å²) in [5.74, 6) is 0. The third kappa shape index (κ3) is 4.67. The lowest BCUT2D eigenvalue weighted by Crippen LogP contribution is -2.29. The summed E-state index contributed by atoms with van der Waals surface area (Å²) < 4.78 is 0. The van der Waals surface area contributed by atoms with Gasteiger partial charge in [-0.25, -0.2) is 0 Å². The minimum absolute atomic E-state index is 0.445. The Morgan fingerprint density at radius 2 is 1.85 bits per heavy atom. The van der Waals surface area contributed by atoms with Crippen LogP contribution in [0.2, 0.25) is 0 Å². The van der Waals surface area contributed by atoms with Gasteiger partial charge in [-0.05, 0) is 62.4 Å². The smallest absolute Gasteiger partial charge is 0.0656 e. The van der Waals surface area contributed by atoms with Gasteiger partial charge in [0.2, 0.25) is 0 Å². The molecule has 0 atom stereocenters. The lowest BCUT2D eigenvalue weighted by molar-refractivity contribution is 0.747. The molecule has 2 aromatic carbocycles. The van der Waals surface area contributed by atoms with Crippen LogP contribution in [0.4, 0.5) is 11.4 Å². The summed E-state index contributed by atoms with van der Waals surface area (Å²) >= 11 is 0. The third-order valence-corrected chi connectivity index (χ3v) is 5.06. The first-order chi connectivity index (χ1) is 12.5. The Labute approximate surface area is 159 Å². The van der Waals surface area contributed by atoms with Crippen LogP contribution >= 0.6 is 0 Å². The fourth-order valence-corrected chi connectivity index (χ4v) is 3.27. The standard InChI is InChI=1S/C23H33N3/c1-6-20-11-9-12-21(23(20)25(5)18(3)4)15-14-19-10-8-13-22(16-19)26(7-2)17-24/h6,8-13,16,18H,1,7,14-15,17,24H2,2-5H3. The van der Waals surface area contributed by atoms with Crippen molar-refractivity contribution in [2.75, 3.05) is 30.1 Å². The Bertz CT molecular complexity index is 717. The van der Waals surface area contributed by atoms with Gasteiger partial charge in [0.15, 0.2) is 0 Å². The second-order valence-corrected chi connectivity index (χ2v) is 6.97. The zero-order chi connectivity index (χ0) is 19.1. The largest absolute Gasteiger partial charge is 0.371 e. The van der Waals surface area contributed by atoms with Crippen LogP contribution in [0.3, 0.4) is 0 Å². The molecule has 0 aliphatic heterocycles. The lowest BCUT2D eigenvalue weighted by atomic mass is 9.98. The maximum Gasteiger partial charge on any atom is 0.0656 e. The van der Waals surface area contributed by atoms with E-state index in [2.05, 4.69) is 86.7 Å². The highest BCUT2D eigenvalue weighted by molar-refractivity contribution is 5.70. The fourth-order valence-electron chi connectivity index (χ4n) is 3.27. The van der Waals surface area contributed by atoms with Crippen molar-refractivity contribution in [3.63, 3.8) is 0 Å². The zero-order valence-corrected chi connectivity index (χ0v) is 16.7. The second kappa shape index (κ2) is 9.44. The van der Waals surface area contributed by atoms with Crippen LogP contribution < -0.4 is 15.5 Å². The summed E-state index contributed by atoms with van der Waals surface area (Å²) in [7, 11) is 2.16. The summed E-state index contributed by atoms with van der Waals surface area (Å²) in [6.07, 6.45) is 3.97.